The van der Waals surface area contributed by atoms with Gasteiger partial charge in [-0.1, -0.05) is 31.5 Å². The number of hydrogen-bond donors (Lipinski definition) is 1. The summed E-state index contributed by atoms with van der Waals surface area (Å²) in [5, 5.41) is 11.7. The summed E-state index contributed by atoms with van der Waals surface area (Å²) in [6.45, 7) is 4.30. The van der Waals surface area contributed by atoms with E-state index in [1.165, 1.54) is 0 Å². The number of aliphatic hydroxyl groups excluding tert-OH is 1. The van der Waals surface area contributed by atoms with Gasteiger partial charge in [-0.15, -0.1) is 0 Å². The number of benzene rings is 2. The quantitative estimate of drug-likeness (QED) is 0.363. The maximum atomic E-state index is 12.6. The molecule has 0 saturated heterocycles. The minimum atomic E-state index is -0.463. The third-order valence-corrected chi connectivity index (χ3v) is 5.43. The number of ketones is 1. The molecule has 0 amide bonds. The second kappa shape index (κ2) is 10.9. The van der Waals surface area contributed by atoms with E-state index in [1.807, 2.05) is 43.6 Å². The van der Waals surface area contributed by atoms with Gasteiger partial charge in [-0.25, -0.2) is 0 Å². The van der Waals surface area contributed by atoms with Crippen LogP contribution in [0.4, 0.5) is 0 Å². The lowest BCUT2D eigenvalue weighted by atomic mass is 10.1. The zero-order chi connectivity index (χ0) is 22.2. The molecule has 0 fully saturated rings. The number of carbonyl (C=O) groups is 1. The van der Waals surface area contributed by atoms with E-state index in [2.05, 4.69) is 16.4 Å². The average Bonchev–Trinajstić information content (AvgIpc) is 3.13. The van der Waals surface area contributed by atoms with Crippen LogP contribution in [-0.2, 0) is 6.54 Å². The van der Waals surface area contributed by atoms with Gasteiger partial charge in [-0.3, -0.25) is 4.79 Å². The molecule has 0 unspecified atom stereocenters. The van der Waals surface area contributed by atoms with Crippen molar-refractivity contribution in [2.24, 2.45) is 0 Å². The summed E-state index contributed by atoms with van der Waals surface area (Å²) in [6.07, 6.45) is 7.28. The molecule has 0 aliphatic carbocycles. The Morgan fingerprint density at radius 2 is 1.94 bits per heavy atom. The topological polar surface area (TPSA) is 54.7 Å². The zero-order valence-electron chi connectivity index (χ0n) is 18.6. The lowest BCUT2D eigenvalue weighted by molar-refractivity contribution is 0.104. The van der Waals surface area contributed by atoms with Crippen molar-refractivity contribution in [3.8, 4) is 5.75 Å². The minimum absolute atomic E-state index is 0.0583. The van der Waals surface area contributed by atoms with Gasteiger partial charge in [-0.05, 0) is 62.5 Å². The lowest BCUT2D eigenvalue weighted by Gasteiger charge is -2.21. The first-order valence-corrected chi connectivity index (χ1v) is 10.8. The average molecular weight is 421 g/mol. The molecule has 1 heterocycles. The molecule has 0 radical (unpaired) electrons. The Kier molecular flexibility index (Phi) is 8.04. The second-order valence-corrected chi connectivity index (χ2v) is 7.95. The van der Waals surface area contributed by atoms with E-state index >= 15 is 0 Å². The monoisotopic (exact) mass is 420 g/mol. The van der Waals surface area contributed by atoms with Crippen molar-refractivity contribution < 1.29 is 14.6 Å². The number of para-hydroxylation sites is 1. The molecular formula is C26H32N2O3. The van der Waals surface area contributed by atoms with E-state index in [9.17, 15) is 9.90 Å². The van der Waals surface area contributed by atoms with Crippen molar-refractivity contribution in [2.45, 2.75) is 32.4 Å². The van der Waals surface area contributed by atoms with Gasteiger partial charge in [0.25, 0.3) is 0 Å². The molecule has 1 aromatic heterocycles. The molecule has 2 aromatic carbocycles. The molecule has 3 rings (SSSR count). The fourth-order valence-corrected chi connectivity index (χ4v) is 3.74. The molecule has 0 aliphatic rings. The highest BCUT2D eigenvalue weighted by Crippen LogP contribution is 2.23. The number of ether oxygens (including phenoxy) is 1. The predicted molar refractivity (Wildman–Crippen MR) is 127 cm³/mol. The third kappa shape index (κ3) is 6.06. The number of aliphatic hydroxyl groups is 1. The predicted octanol–water partition coefficient (Wildman–Crippen LogP) is 4.64. The van der Waals surface area contributed by atoms with E-state index in [1.54, 1.807) is 37.5 Å². The van der Waals surface area contributed by atoms with Gasteiger partial charge in [0.05, 0.1) is 13.2 Å². The minimum Gasteiger partial charge on any atom is -0.497 e. The molecule has 0 aliphatic heterocycles. The smallest absolute Gasteiger partial charge is 0.185 e. The molecule has 5 nitrogen and oxygen atoms in total. The molecule has 3 aromatic rings. The van der Waals surface area contributed by atoms with Gasteiger partial charge in [0, 0.05) is 41.3 Å². The Balaban J connectivity index is 1.75. The molecule has 1 N–H and O–H groups in total. The van der Waals surface area contributed by atoms with Crippen LogP contribution in [0.5, 0.6) is 5.75 Å². The maximum Gasteiger partial charge on any atom is 0.185 e. The SMILES string of the molecule is CCCCN(C)C[C@H](O)Cn1cc(/C=C/C(=O)c2ccc(OC)cc2)c2ccccc21. The fourth-order valence-electron chi connectivity index (χ4n) is 3.74. The number of carbonyl (C=O) groups excluding carboxylic acids is 1. The van der Waals surface area contributed by atoms with Crippen LogP contribution in [0, 0.1) is 0 Å². The largest absolute Gasteiger partial charge is 0.497 e. The second-order valence-electron chi connectivity index (χ2n) is 7.95. The van der Waals surface area contributed by atoms with Crippen LogP contribution >= 0.6 is 0 Å². The van der Waals surface area contributed by atoms with E-state index < -0.39 is 6.10 Å². The van der Waals surface area contributed by atoms with Crippen molar-refractivity contribution in [1.29, 1.82) is 0 Å². The molecule has 0 spiro atoms. The Bertz CT molecular complexity index is 1020. The first-order chi connectivity index (χ1) is 15.0. The Labute approximate surface area is 184 Å². The molecule has 164 valence electrons. The summed E-state index contributed by atoms with van der Waals surface area (Å²) in [6, 6.07) is 15.2. The van der Waals surface area contributed by atoms with Crippen molar-refractivity contribution in [3.05, 3.63) is 71.9 Å². The van der Waals surface area contributed by atoms with E-state index in [0.29, 0.717) is 18.7 Å². The van der Waals surface area contributed by atoms with Crippen molar-refractivity contribution >= 4 is 22.8 Å². The normalized spacial score (nSPS) is 12.7. The maximum absolute atomic E-state index is 12.6. The van der Waals surface area contributed by atoms with E-state index in [0.717, 1.165) is 41.6 Å². The van der Waals surface area contributed by atoms with Crippen LogP contribution in [0.3, 0.4) is 0 Å². The highest BCUT2D eigenvalue weighted by Gasteiger charge is 2.13. The summed E-state index contributed by atoms with van der Waals surface area (Å²) < 4.78 is 7.22. The summed E-state index contributed by atoms with van der Waals surface area (Å²) in [7, 11) is 3.65. The van der Waals surface area contributed by atoms with Crippen LogP contribution in [-0.4, -0.2) is 53.7 Å². The van der Waals surface area contributed by atoms with E-state index in [4.69, 9.17) is 4.74 Å². The molecule has 5 heteroatoms. The number of fused-ring (bicyclic) bond motifs is 1. The first-order valence-electron chi connectivity index (χ1n) is 10.8. The summed E-state index contributed by atoms with van der Waals surface area (Å²) >= 11 is 0. The van der Waals surface area contributed by atoms with Crippen LogP contribution < -0.4 is 4.74 Å². The lowest BCUT2D eigenvalue weighted by Crippen LogP contribution is -2.32. The summed E-state index contributed by atoms with van der Waals surface area (Å²) in [5.74, 6) is 0.666. The third-order valence-electron chi connectivity index (χ3n) is 5.43. The van der Waals surface area contributed by atoms with Gasteiger partial charge in [0.2, 0.25) is 0 Å². The summed E-state index contributed by atoms with van der Waals surface area (Å²) in [4.78, 5) is 14.7. The molecule has 0 saturated carbocycles. The number of aromatic nitrogens is 1. The van der Waals surface area contributed by atoms with Crippen LogP contribution in [0.2, 0.25) is 0 Å². The van der Waals surface area contributed by atoms with Crippen molar-refractivity contribution in [2.75, 3.05) is 27.2 Å². The Hall–Kier alpha value is -2.89. The number of allylic oxidation sites excluding steroid dienone is 1. The summed E-state index contributed by atoms with van der Waals surface area (Å²) in [5.41, 5.74) is 2.63. The van der Waals surface area contributed by atoms with Crippen LogP contribution in [0.15, 0.2) is 60.8 Å². The van der Waals surface area contributed by atoms with Crippen LogP contribution in [0.1, 0.15) is 35.7 Å². The number of hydrogen-bond acceptors (Lipinski definition) is 4. The molecule has 31 heavy (non-hydrogen) atoms. The van der Waals surface area contributed by atoms with Gasteiger partial charge in [0.15, 0.2) is 5.78 Å². The molecule has 0 bridgehead atoms. The molecule has 1 atom stereocenters. The van der Waals surface area contributed by atoms with Crippen molar-refractivity contribution in [1.82, 2.24) is 9.47 Å². The Morgan fingerprint density at radius 3 is 2.65 bits per heavy atom. The number of likely N-dealkylation sites (N-methyl/N-ethyl adjacent to an activating group) is 1. The Morgan fingerprint density at radius 1 is 1.19 bits per heavy atom. The van der Waals surface area contributed by atoms with Crippen LogP contribution in [0.25, 0.3) is 17.0 Å². The standard InChI is InChI=1S/C26H32N2O3/c1-4-5-16-27(2)18-22(29)19-28-17-21(24-8-6-7-9-25(24)28)12-15-26(30)20-10-13-23(31-3)14-11-20/h6-15,17,22,29H,4-5,16,18-19H2,1-3H3/b15-12+/t22-/m0/s1. The number of nitrogens with zero attached hydrogens (tertiary/aromatic N) is 2. The first kappa shape index (κ1) is 22.8. The van der Waals surface area contributed by atoms with Crippen molar-refractivity contribution in [3.63, 3.8) is 0 Å². The number of methoxy groups -OCH3 is 1. The van der Waals surface area contributed by atoms with E-state index in [-0.39, 0.29) is 5.78 Å². The number of rotatable bonds is 11. The highest BCUT2D eigenvalue weighted by atomic mass is 16.5. The fraction of sp³-hybridized carbons (Fsp3) is 0.346. The zero-order valence-corrected chi connectivity index (χ0v) is 18.6. The van der Waals surface area contributed by atoms with Gasteiger partial charge in [-0.2, -0.15) is 0 Å². The number of unbranched alkanes of at least 4 members (excludes halogenated alkanes) is 1. The van der Waals surface area contributed by atoms with Gasteiger partial charge in [0.1, 0.15) is 5.75 Å². The van der Waals surface area contributed by atoms with Gasteiger partial charge < -0.3 is 19.3 Å². The van der Waals surface area contributed by atoms with Gasteiger partial charge >= 0.3 is 0 Å². The molecular weight excluding hydrogens is 388 g/mol. The highest BCUT2D eigenvalue weighted by molar-refractivity contribution is 6.07.